The van der Waals surface area contributed by atoms with Crippen LogP contribution in [-0.2, 0) is 27.1 Å². The van der Waals surface area contributed by atoms with Crippen LogP contribution in [0.3, 0.4) is 0 Å². The Morgan fingerprint density at radius 2 is 1.97 bits per heavy atom. The highest BCUT2D eigenvalue weighted by Crippen LogP contribution is 2.39. The summed E-state index contributed by atoms with van der Waals surface area (Å²) < 4.78 is 20.2. The van der Waals surface area contributed by atoms with E-state index in [0.29, 0.717) is 13.1 Å². The third-order valence-corrected chi connectivity index (χ3v) is 7.50. The Morgan fingerprint density at radius 1 is 1.24 bits per heavy atom. The van der Waals surface area contributed by atoms with Gasteiger partial charge in [0.2, 0.25) is 0 Å². The van der Waals surface area contributed by atoms with E-state index in [-0.39, 0.29) is 30.0 Å². The molecule has 3 aliphatic rings. The number of ether oxygens (including phenoxy) is 1. The molecule has 2 saturated heterocycles. The Kier molecular flexibility index (Phi) is 5.64. The molecule has 2 aromatic rings. The van der Waals surface area contributed by atoms with E-state index in [9.17, 15) is 9.90 Å². The zero-order valence-corrected chi connectivity index (χ0v) is 19.8. The molecule has 8 nitrogen and oxygen atoms in total. The zero-order valence-electron chi connectivity index (χ0n) is 19.8. The molecule has 1 aromatic carbocycles. The van der Waals surface area contributed by atoms with Gasteiger partial charge in [-0.15, -0.1) is 0 Å². The molecule has 9 heteroatoms. The van der Waals surface area contributed by atoms with Crippen LogP contribution in [0.5, 0.6) is 0 Å². The molecule has 0 radical (unpaired) electrons. The van der Waals surface area contributed by atoms with Crippen LogP contribution < -0.4 is 0 Å². The fourth-order valence-electron chi connectivity index (χ4n) is 4.54. The van der Waals surface area contributed by atoms with E-state index < -0.39 is 5.97 Å². The summed E-state index contributed by atoms with van der Waals surface area (Å²) in [6, 6.07) is 5.14. The predicted octanol–water partition coefficient (Wildman–Crippen LogP) is 3.29. The van der Waals surface area contributed by atoms with E-state index in [4.69, 9.17) is 19.0 Å². The predicted molar refractivity (Wildman–Crippen MR) is 125 cm³/mol. The summed E-state index contributed by atoms with van der Waals surface area (Å²) in [5.41, 5.74) is 2.48. The van der Waals surface area contributed by atoms with Crippen LogP contribution in [0.25, 0.3) is 11.0 Å². The van der Waals surface area contributed by atoms with E-state index >= 15 is 0 Å². The van der Waals surface area contributed by atoms with E-state index in [1.165, 1.54) is 5.47 Å². The number of nitrogens with zero attached hydrogens (tertiary/aromatic N) is 3. The maximum Gasteiger partial charge on any atom is 0.490 e. The minimum absolute atomic E-state index is 0.158. The van der Waals surface area contributed by atoms with Gasteiger partial charge in [0, 0.05) is 19.7 Å². The number of aromatic nitrogens is 2. The standard InChI is InChI=1S/C24H32BN3O5/c1-23(2)24(3,4)33-25(32-23)17-7-10-27(11-8-17)15-21-26-19-6-5-16(22(29)30)13-20(19)28(21)14-18-9-12-31-18/h5-7,13,18H,8-12,14-15H2,1-4H3,(H,29,30). The molecular formula is C24H32BN3O5. The van der Waals surface area contributed by atoms with Crippen molar-refractivity contribution >= 4 is 24.1 Å². The van der Waals surface area contributed by atoms with E-state index in [1.54, 1.807) is 18.2 Å². The number of imidazole rings is 1. The van der Waals surface area contributed by atoms with E-state index in [2.05, 4.69) is 43.2 Å². The van der Waals surface area contributed by atoms with Gasteiger partial charge in [0.1, 0.15) is 5.82 Å². The molecule has 1 atom stereocenters. The second-order valence-electron chi connectivity index (χ2n) is 10.3. The summed E-state index contributed by atoms with van der Waals surface area (Å²) in [6.45, 7) is 12.2. The van der Waals surface area contributed by atoms with Crippen molar-refractivity contribution in [1.82, 2.24) is 14.5 Å². The van der Waals surface area contributed by atoms with Crippen LogP contribution in [0.15, 0.2) is 29.7 Å². The van der Waals surface area contributed by atoms with Crippen molar-refractivity contribution in [2.45, 2.75) is 70.9 Å². The molecule has 3 aliphatic heterocycles. The molecule has 0 aliphatic carbocycles. The van der Waals surface area contributed by atoms with Gasteiger partial charge < -0.3 is 23.7 Å². The van der Waals surface area contributed by atoms with Crippen LogP contribution in [0.4, 0.5) is 0 Å². The Morgan fingerprint density at radius 3 is 2.55 bits per heavy atom. The summed E-state index contributed by atoms with van der Waals surface area (Å²) in [6.07, 6.45) is 4.27. The number of aromatic carboxylic acids is 1. The molecule has 176 valence electrons. The lowest BCUT2D eigenvalue weighted by Gasteiger charge is -2.32. The number of carboxylic acid groups (broad SMARTS) is 1. The molecule has 0 amide bonds. The van der Waals surface area contributed by atoms with E-state index in [0.717, 1.165) is 49.4 Å². The van der Waals surface area contributed by atoms with Crippen molar-refractivity contribution in [2.24, 2.45) is 0 Å². The fourth-order valence-corrected chi connectivity index (χ4v) is 4.54. The van der Waals surface area contributed by atoms with Gasteiger partial charge in [-0.05, 0) is 64.2 Å². The lowest BCUT2D eigenvalue weighted by molar-refractivity contribution is -0.0591. The molecule has 5 rings (SSSR count). The van der Waals surface area contributed by atoms with Crippen molar-refractivity contribution in [3.05, 3.63) is 41.1 Å². The normalized spacial score (nSPS) is 24.7. The van der Waals surface area contributed by atoms with Crippen molar-refractivity contribution in [1.29, 1.82) is 0 Å². The van der Waals surface area contributed by atoms with Crippen LogP contribution in [0.2, 0.25) is 0 Å². The summed E-state index contributed by atoms with van der Waals surface area (Å²) in [5.74, 6) is 0.0121. The Hall–Kier alpha value is -2.20. The van der Waals surface area contributed by atoms with Crippen LogP contribution in [0.1, 0.15) is 56.7 Å². The third-order valence-electron chi connectivity index (χ3n) is 7.50. The van der Waals surface area contributed by atoms with Crippen molar-refractivity contribution in [2.75, 3.05) is 19.7 Å². The largest absolute Gasteiger partial charge is 0.490 e. The van der Waals surface area contributed by atoms with Gasteiger partial charge in [-0.1, -0.05) is 6.08 Å². The van der Waals surface area contributed by atoms with Crippen LogP contribution in [0, 0.1) is 0 Å². The Bertz CT molecular complexity index is 1090. The minimum Gasteiger partial charge on any atom is -0.478 e. The average molecular weight is 453 g/mol. The zero-order chi connectivity index (χ0) is 23.4. The maximum atomic E-state index is 11.5. The summed E-state index contributed by atoms with van der Waals surface area (Å²) in [7, 11) is -0.285. The first-order valence-electron chi connectivity index (χ1n) is 11.7. The molecule has 0 spiro atoms. The second kappa shape index (κ2) is 8.23. The Balaban J connectivity index is 1.34. The monoisotopic (exact) mass is 453 g/mol. The molecule has 0 saturated carbocycles. The van der Waals surface area contributed by atoms with Crippen molar-refractivity contribution < 1.29 is 23.9 Å². The quantitative estimate of drug-likeness (QED) is 0.672. The van der Waals surface area contributed by atoms with Crippen LogP contribution in [-0.4, -0.2) is 69.6 Å². The molecule has 0 bridgehead atoms. The number of hydrogen-bond acceptors (Lipinski definition) is 6. The average Bonchev–Trinajstić information content (AvgIpc) is 3.17. The highest BCUT2D eigenvalue weighted by Gasteiger charge is 2.52. The van der Waals surface area contributed by atoms with Crippen LogP contribution >= 0.6 is 0 Å². The second-order valence-corrected chi connectivity index (χ2v) is 10.3. The topological polar surface area (TPSA) is 86.1 Å². The molecule has 1 unspecified atom stereocenters. The fraction of sp³-hybridized carbons (Fsp3) is 0.583. The summed E-state index contributed by atoms with van der Waals surface area (Å²) in [5, 5.41) is 9.43. The molecule has 1 aromatic heterocycles. The maximum absolute atomic E-state index is 11.5. The number of carboxylic acids is 1. The highest BCUT2D eigenvalue weighted by atomic mass is 16.7. The van der Waals surface area contributed by atoms with E-state index in [1.807, 2.05) is 0 Å². The SMILES string of the molecule is CC1(C)OB(C2=CCN(Cc3nc4ccc(C(=O)O)cc4n3CC3CCO3)CC2)OC1(C)C. The van der Waals surface area contributed by atoms with Crippen molar-refractivity contribution in [3.63, 3.8) is 0 Å². The first kappa shape index (κ1) is 22.6. The van der Waals surface area contributed by atoms with Gasteiger partial charge in [-0.25, -0.2) is 9.78 Å². The first-order valence-corrected chi connectivity index (χ1v) is 11.7. The molecular weight excluding hydrogens is 421 g/mol. The molecule has 2 fully saturated rings. The van der Waals surface area contributed by atoms with Gasteiger partial charge in [0.15, 0.2) is 0 Å². The molecule has 1 N–H and O–H groups in total. The van der Waals surface area contributed by atoms with Gasteiger partial charge in [-0.3, -0.25) is 4.90 Å². The number of fused-ring (bicyclic) bond motifs is 1. The highest BCUT2D eigenvalue weighted by molar-refractivity contribution is 6.54. The van der Waals surface area contributed by atoms with Gasteiger partial charge >= 0.3 is 13.1 Å². The summed E-state index contributed by atoms with van der Waals surface area (Å²) >= 11 is 0. The number of hydrogen-bond donors (Lipinski definition) is 1. The first-order chi connectivity index (χ1) is 15.6. The van der Waals surface area contributed by atoms with Gasteiger partial charge in [-0.2, -0.15) is 0 Å². The molecule has 4 heterocycles. The number of rotatable bonds is 6. The Labute approximate surface area is 194 Å². The van der Waals surface area contributed by atoms with Gasteiger partial charge in [0.25, 0.3) is 0 Å². The lowest BCUT2D eigenvalue weighted by atomic mass is 9.75. The third kappa shape index (κ3) is 4.23. The smallest absolute Gasteiger partial charge is 0.478 e. The molecule has 33 heavy (non-hydrogen) atoms. The lowest BCUT2D eigenvalue weighted by Crippen LogP contribution is -2.41. The number of carbonyl (C=O) groups is 1. The minimum atomic E-state index is -0.928. The van der Waals surface area contributed by atoms with Crippen molar-refractivity contribution in [3.8, 4) is 0 Å². The van der Waals surface area contributed by atoms with Gasteiger partial charge in [0.05, 0.1) is 47.0 Å². The summed E-state index contributed by atoms with van der Waals surface area (Å²) in [4.78, 5) is 18.7. The number of benzene rings is 1.